The van der Waals surface area contributed by atoms with Gasteiger partial charge in [0.05, 0.1) is 6.61 Å². The molecule has 1 aliphatic rings. The van der Waals surface area contributed by atoms with Crippen molar-refractivity contribution in [3.05, 3.63) is 34.9 Å². The molecule has 1 saturated carbocycles. The number of rotatable bonds is 4. The predicted octanol–water partition coefficient (Wildman–Crippen LogP) is 3.24. The monoisotopic (exact) mass is 302 g/mol. The van der Waals surface area contributed by atoms with Crippen LogP contribution in [0.25, 0.3) is 0 Å². The minimum absolute atomic E-state index is 0.591. The lowest BCUT2D eigenvalue weighted by Crippen LogP contribution is -1.94. The summed E-state index contributed by atoms with van der Waals surface area (Å²) in [6.45, 7) is 0.591. The third-order valence-corrected chi connectivity index (χ3v) is 2.84. The summed E-state index contributed by atoms with van der Waals surface area (Å²) in [6.07, 6.45) is 3.43. The van der Waals surface area contributed by atoms with Gasteiger partial charge >= 0.3 is 0 Å². The van der Waals surface area contributed by atoms with E-state index in [4.69, 9.17) is 3.07 Å². The van der Waals surface area contributed by atoms with Crippen LogP contribution in [0, 0.1) is 0 Å². The van der Waals surface area contributed by atoms with E-state index in [1.165, 1.54) is 18.4 Å². The average Bonchev–Trinajstić information content (AvgIpc) is 3.02. The van der Waals surface area contributed by atoms with Crippen molar-refractivity contribution in [3.63, 3.8) is 0 Å². The van der Waals surface area contributed by atoms with Crippen molar-refractivity contribution in [1.29, 1.82) is 0 Å². The van der Waals surface area contributed by atoms with Crippen molar-refractivity contribution in [2.75, 3.05) is 0 Å². The van der Waals surface area contributed by atoms with Crippen molar-refractivity contribution in [3.8, 4) is 0 Å². The highest BCUT2D eigenvalue weighted by molar-refractivity contribution is 14.1. The number of aldehydes is 1. The molecular weight excluding hydrogens is 291 g/mol. The maximum Gasteiger partial charge on any atom is 0.150 e. The third kappa shape index (κ3) is 2.15. The smallest absolute Gasteiger partial charge is 0.150 e. The summed E-state index contributed by atoms with van der Waals surface area (Å²) in [7, 11) is 0. The predicted molar refractivity (Wildman–Crippen MR) is 62.6 cm³/mol. The molecule has 0 atom stereocenters. The Balaban J connectivity index is 2.32. The van der Waals surface area contributed by atoms with Crippen molar-refractivity contribution in [2.24, 2.45) is 0 Å². The van der Waals surface area contributed by atoms with Gasteiger partial charge in [0.1, 0.15) is 29.3 Å². The molecule has 0 bridgehead atoms. The van der Waals surface area contributed by atoms with Crippen LogP contribution in [0.5, 0.6) is 0 Å². The van der Waals surface area contributed by atoms with Gasteiger partial charge in [0.15, 0.2) is 0 Å². The first kappa shape index (κ1) is 10.1. The van der Waals surface area contributed by atoms with Gasteiger partial charge in [-0.1, -0.05) is 12.1 Å². The van der Waals surface area contributed by atoms with Crippen LogP contribution >= 0.6 is 23.0 Å². The Morgan fingerprint density at radius 2 is 2.29 bits per heavy atom. The minimum atomic E-state index is 0.591. The lowest BCUT2D eigenvalue weighted by atomic mass is 10.0. The van der Waals surface area contributed by atoms with E-state index in [0.29, 0.717) is 12.5 Å². The normalized spacial score (nSPS) is 15.5. The van der Waals surface area contributed by atoms with Gasteiger partial charge in [-0.05, 0) is 36.0 Å². The maximum atomic E-state index is 10.6. The van der Waals surface area contributed by atoms with E-state index in [2.05, 4.69) is 6.07 Å². The van der Waals surface area contributed by atoms with Gasteiger partial charge in [0.25, 0.3) is 0 Å². The Kier molecular flexibility index (Phi) is 3.18. The van der Waals surface area contributed by atoms with E-state index >= 15 is 0 Å². The molecule has 0 radical (unpaired) electrons. The molecule has 74 valence electrons. The van der Waals surface area contributed by atoms with Crippen molar-refractivity contribution >= 4 is 29.3 Å². The number of benzene rings is 1. The number of carbonyl (C=O) groups is 1. The molecule has 3 heteroatoms. The SMILES string of the molecule is O=Cc1ccc(C2CC2)c(COI)c1. The topological polar surface area (TPSA) is 26.3 Å². The van der Waals surface area contributed by atoms with Crippen LogP contribution in [0.4, 0.5) is 0 Å². The number of halogens is 1. The van der Waals surface area contributed by atoms with E-state index in [9.17, 15) is 4.79 Å². The molecule has 0 N–H and O–H groups in total. The van der Waals surface area contributed by atoms with Crippen LogP contribution in [0.1, 0.15) is 40.2 Å². The molecule has 2 rings (SSSR count). The highest BCUT2D eigenvalue weighted by atomic mass is 127. The first-order chi connectivity index (χ1) is 6.85. The van der Waals surface area contributed by atoms with E-state index in [1.807, 2.05) is 35.1 Å². The van der Waals surface area contributed by atoms with Crippen molar-refractivity contribution in [2.45, 2.75) is 25.4 Å². The molecule has 14 heavy (non-hydrogen) atoms. The molecule has 0 amide bonds. The van der Waals surface area contributed by atoms with Crippen LogP contribution < -0.4 is 0 Å². The molecule has 0 aliphatic heterocycles. The minimum Gasteiger partial charge on any atom is -0.311 e. The van der Waals surface area contributed by atoms with Gasteiger partial charge in [-0.2, -0.15) is 0 Å². The second-order valence-corrected chi connectivity index (χ2v) is 4.23. The summed E-state index contributed by atoms with van der Waals surface area (Å²) < 4.78 is 5.10. The zero-order valence-electron chi connectivity index (χ0n) is 7.70. The summed E-state index contributed by atoms with van der Waals surface area (Å²) in [5, 5.41) is 0. The Morgan fingerprint density at radius 1 is 1.50 bits per heavy atom. The fourth-order valence-corrected chi connectivity index (χ4v) is 2.01. The summed E-state index contributed by atoms with van der Waals surface area (Å²) in [5.41, 5.74) is 3.25. The van der Waals surface area contributed by atoms with Crippen molar-refractivity contribution in [1.82, 2.24) is 0 Å². The van der Waals surface area contributed by atoms with Crippen LogP contribution in [-0.2, 0) is 9.67 Å². The zero-order chi connectivity index (χ0) is 9.97. The fraction of sp³-hybridized carbons (Fsp3) is 0.364. The molecule has 0 unspecified atom stereocenters. The quantitative estimate of drug-likeness (QED) is 0.630. The van der Waals surface area contributed by atoms with Crippen LogP contribution in [-0.4, -0.2) is 6.29 Å². The third-order valence-electron chi connectivity index (χ3n) is 2.53. The van der Waals surface area contributed by atoms with Gasteiger partial charge in [-0.15, -0.1) is 0 Å². The summed E-state index contributed by atoms with van der Waals surface area (Å²) in [6, 6.07) is 5.88. The second kappa shape index (κ2) is 4.40. The molecule has 1 aromatic carbocycles. The lowest BCUT2D eigenvalue weighted by Gasteiger charge is -2.07. The molecule has 0 aromatic heterocycles. The molecule has 1 aliphatic carbocycles. The fourth-order valence-electron chi connectivity index (χ4n) is 1.68. The molecule has 0 saturated heterocycles. The second-order valence-electron chi connectivity index (χ2n) is 3.60. The molecule has 0 heterocycles. The van der Waals surface area contributed by atoms with Gasteiger partial charge < -0.3 is 3.07 Å². The van der Waals surface area contributed by atoms with E-state index in [1.54, 1.807) is 0 Å². The van der Waals surface area contributed by atoms with Gasteiger partial charge in [0, 0.05) is 5.56 Å². The summed E-state index contributed by atoms with van der Waals surface area (Å²) >= 11 is 1.89. The van der Waals surface area contributed by atoms with Gasteiger partial charge in [-0.3, -0.25) is 4.79 Å². The Labute approximate surface area is 97.3 Å². The van der Waals surface area contributed by atoms with E-state index in [0.717, 1.165) is 17.4 Å². The first-order valence-electron chi connectivity index (χ1n) is 4.66. The van der Waals surface area contributed by atoms with Gasteiger partial charge in [-0.25, -0.2) is 0 Å². The maximum absolute atomic E-state index is 10.6. The van der Waals surface area contributed by atoms with Crippen LogP contribution in [0.3, 0.4) is 0 Å². The van der Waals surface area contributed by atoms with Gasteiger partial charge in [0.2, 0.25) is 0 Å². The van der Waals surface area contributed by atoms with E-state index in [-0.39, 0.29) is 0 Å². The lowest BCUT2D eigenvalue weighted by molar-refractivity contribution is 0.112. The van der Waals surface area contributed by atoms with Crippen LogP contribution in [0.15, 0.2) is 18.2 Å². The molecule has 1 aromatic rings. The highest BCUT2D eigenvalue weighted by Crippen LogP contribution is 2.42. The Hall–Kier alpha value is -0.420. The summed E-state index contributed by atoms with van der Waals surface area (Å²) in [5.74, 6) is 0.706. The standard InChI is InChI=1S/C11H11IO2/c12-14-7-10-5-8(6-13)1-4-11(10)9-2-3-9/h1,4-6,9H,2-3,7H2. The molecule has 2 nitrogen and oxygen atoms in total. The molecule has 1 fully saturated rings. The van der Waals surface area contributed by atoms with Crippen molar-refractivity contribution < 1.29 is 7.86 Å². The number of hydrogen-bond acceptors (Lipinski definition) is 2. The summed E-state index contributed by atoms with van der Waals surface area (Å²) in [4.78, 5) is 10.6. The molecular formula is C11H11IO2. The van der Waals surface area contributed by atoms with Crippen LogP contribution in [0.2, 0.25) is 0 Å². The number of carbonyl (C=O) groups excluding carboxylic acids is 1. The zero-order valence-corrected chi connectivity index (χ0v) is 9.86. The molecule has 0 spiro atoms. The Morgan fingerprint density at radius 3 is 2.86 bits per heavy atom. The highest BCUT2D eigenvalue weighted by Gasteiger charge is 2.25. The largest absolute Gasteiger partial charge is 0.311 e. The first-order valence-corrected chi connectivity index (χ1v) is 5.54. The van der Waals surface area contributed by atoms with E-state index < -0.39 is 0 Å². The Bertz CT molecular complexity index is 345. The number of hydrogen-bond donors (Lipinski definition) is 0. The average molecular weight is 302 g/mol.